The standard InChI is InChI=1S/C15H18ClN3O/c1-17-12-7-6-11-10(12)4-3-5-13(11)20-9-15-18-8-14(16)19(15)2/h3-5,8,12,17H,6-7,9H2,1-2H3. The first kappa shape index (κ1) is 13.5. The largest absolute Gasteiger partial charge is 0.485 e. The van der Waals surface area contributed by atoms with Crippen molar-refractivity contribution in [3.05, 3.63) is 46.5 Å². The summed E-state index contributed by atoms with van der Waals surface area (Å²) in [4.78, 5) is 4.25. The van der Waals surface area contributed by atoms with Crippen LogP contribution in [0.15, 0.2) is 24.4 Å². The molecule has 1 aromatic heterocycles. The minimum atomic E-state index is 0.434. The van der Waals surface area contributed by atoms with Gasteiger partial charge in [-0.05, 0) is 37.1 Å². The molecule has 3 rings (SSSR count). The van der Waals surface area contributed by atoms with Gasteiger partial charge in [-0.15, -0.1) is 0 Å². The maximum absolute atomic E-state index is 5.98. The van der Waals surface area contributed by atoms with E-state index in [-0.39, 0.29) is 0 Å². The van der Waals surface area contributed by atoms with E-state index in [4.69, 9.17) is 16.3 Å². The lowest BCUT2D eigenvalue weighted by atomic mass is 10.1. The summed E-state index contributed by atoms with van der Waals surface area (Å²) in [5.41, 5.74) is 2.66. The summed E-state index contributed by atoms with van der Waals surface area (Å²) in [7, 11) is 3.89. The van der Waals surface area contributed by atoms with Gasteiger partial charge in [0.15, 0.2) is 0 Å². The molecule has 0 aliphatic heterocycles. The van der Waals surface area contributed by atoms with Crippen LogP contribution in [-0.2, 0) is 20.1 Å². The Balaban J connectivity index is 1.79. The highest BCUT2D eigenvalue weighted by Gasteiger charge is 2.23. The Kier molecular flexibility index (Phi) is 3.68. The van der Waals surface area contributed by atoms with Crippen molar-refractivity contribution in [1.82, 2.24) is 14.9 Å². The number of imidazole rings is 1. The molecular formula is C15H18ClN3O. The van der Waals surface area contributed by atoms with Gasteiger partial charge >= 0.3 is 0 Å². The van der Waals surface area contributed by atoms with E-state index in [2.05, 4.69) is 22.4 Å². The van der Waals surface area contributed by atoms with Crippen LogP contribution in [0.4, 0.5) is 0 Å². The molecule has 4 nitrogen and oxygen atoms in total. The molecule has 1 aliphatic carbocycles. The van der Waals surface area contributed by atoms with Gasteiger partial charge in [-0.1, -0.05) is 23.7 Å². The Bertz CT molecular complexity index is 624. The predicted octanol–water partition coefficient (Wildman–Crippen LogP) is 2.86. The van der Waals surface area contributed by atoms with Gasteiger partial charge in [-0.2, -0.15) is 0 Å². The van der Waals surface area contributed by atoms with Crippen LogP contribution >= 0.6 is 11.6 Å². The highest BCUT2D eigenvalue weighted by atomic mass is 35.5. The zero-order valence-corrected chi connectivity index (χ0v) is 12.4. The van der Waals surface area contributed by atoms with Crippen molar-refractivity contribution in [2.45, 2.75) is 25.5 Å². The molecule has 1 atom stereocenters. The predicted molar refractivity (Wildman–Crippen MR) is 79.1 cm³/mol. The second kappa shape index (κ2) is 5.46. The Labute approximate surface area is 123 Å². The molecule has 1 heterocycles. The Hall–Kier alpha value is -1.52. The molecule has 0 saturated heterocycles. The number of aromatic nitrogens is 2. The lowest BCUT2D eigenvalue weighted by Gasteiger charge is -2.13. The summed E-state index contributed by atoms with van der Waals surface area (Å²) in [5.74, 6) is 1.79. The van der Waals surface area contributed by atoms with Gasteiger partial charge in [0.1, 0.15) is 23.3 Å². The number of nitrogens with zero attached hydrogens (tertiary/aromatic N) is 2. The fourth-order valence-corrected chi connectivity index (χ4v) is 2.90. The molecule has 0 spiro atoms. The average molecular weight is 292 g/mol. The topological polar surface area (TPSA) is 39.1 Å². The molecular weight excluding hydrogens is 274 g/mol. The molecule has 1 N–H and O–H groups in total. The van der Waals surface area contributed by atoms with Crippen LogP contribution in [0, 0.1) is 0 Å². The molecule has 20 heavy (non-hydrogen) atoms. The molecule has 2 aromatic rings. The Morgan fingerprint density at radius 1 is 1.50 bits per heavy atom. The summed E-state index contributed by atoms with van der Waals surface area (Å²) >= 11 is 5.98. The van der Waals surface area contributed by atoms with E-state index in [1.54, 1.807) is 6.20 Å². The number of benzene rings is 1. The molecule has 0 bridgehead atoms. The van der Waals surface area contributed by atoms with Crippen LogP contribution in [-0.4, -0.2) is 16.6 Å². The third kappa shape index (κ3) is 2.30. The molecule has 0 saturated carbocycles. The quantitative estimate of drug-likeness (QED) is 0.941. The monoisotopic (exact) mass is 291 g/mol. The molecule has 1 aromatic carbocycles. The van der Waals surface area contributed by atoms with Crippen LogP contribution in [0.3, 0.4) is 0 Å². The molecule has 0 amide bonds. The van der Waals surface area contributed by atoms with Crippen LogP contribution in [0.2, 0.25) is 5.15 Å². The van der Waals surface area contributed by atoms with E-state index in [9.17, 15) is 0 Å². The van der Waals surface area contributed by atoms with Gasteiger partial charge in [0.2, 0.25) is 0 Å². The van der Waals surface area contributed by atoms with Crippen molar-refractivity contribution in [2.75, 3.05) is 7.05 Å². The van der Waals surface area contributed by atoms with Crippen molar-refractivity contribution in [3.63, 3.8) is 0 Å². The molecule has 0 radical (unpaired) electrons. The molecule has 1 aliphatic rings. The second-order valence-corrected chi connectivity index (χ2v) is 5.44. The maximum Gasteiger partial charge on any atom is 0.147 e. The maximum atomic E-state index is 5.98. The Morgan fingerprint density at radius 2 is 2.35 bits per heavy atom. The van der Waals surface area contributed by atoms with E-state index in [0.717, 1.165) is 24.4 Å². The smallest absolute Gasteiger partial charge is 0.147 e. The normalized spacial score (nSPS) is 17.2. The molecule has 0 fully saturated rings. The summed E-state index contributed by atoms with van der Waals surface area (Å²) < 4.78 is 7.79. The fourth-order valence-electron chi connectivity index (χ4n) is 2.76. The van der Waals surface area contributed by atoms with E-state index in [1.165, 1.54) is 11.1 Å². The number of halogens is 1. The summed E-state index contributed by atoms with van der Waals surface area (Å²) in [6, 6.07) is 6.70. The van der Waals surface area contributed by atoms with Gasteiger partial charge in [-0.3, -0.25) is 0 Å². The van der Waals surface area contributed by atoms with Crippen molar-refractivity contribution >= 4 is 11.6 Å². The van der Waals surface area contributed by atoms with Gasteiger partial charge in [0.25, 0.3) is 0 Å². The number of rotatable bonds is 4. The highest BCUT2D eigenvalue weighted by molar-refractivity contribution is 6.29. The SMILES string of the molecule is CNC1CCc2c(OCc3ncc(Cl)n3C)cccc21. The number of ether oxygens (including phenoxy) is 1. The van der Waals surface area contributed by atoms with Crippen LogP contribution in [0.25, 0.3) is 0 Å². The van der Waals surface area contributed by atoms with Crippen molar-refractivity contribution in [3.8, 4) is 5.75 Å². The van der Waals surface area contributed by atoms with Gasteiger partial charge in [0, 0.05) is 13.1 Å². The first-order valence-corrected chi connectivity index (χ1v) is 7.16. The highest BCUT2D eigenvalue weighted by Crippen LogP contribution is 2.36. The third-order valence-electron chi connectivity index (χ3n) is 3.96. The van der Waals surface area contributed by atoms with Gasteiger partial charge < -0.3 is 14.6 Å². The van der Waals surface area contributed by atoms with Crippen molar-refractivity contribution in [1.29, 1.82) is 0 Å². The fraction of sp³-hybridized carbons (Fsp3) is 0.400. The number of hydrogen-bond acceptors (Lipinski definition) is 3. The van der Waals surface area contributed by atoms with Crippen molar-refractivity contribution in [2.24, 2.45) is 7.05 Å². The summed E-state index contributed by atoms with van der Waals surface area (Å²) in [6.07, 6.45) is 3.82. The summed E-state index contributed by atoms with van der Waals surface area (Å²) in [5, 5.41) is 3.97. The minimum Gasteiger partial charge on any atom is -0.485 e. The minimum absolute atomic E-state index is 0.434. The number of fused-ring (bicyclic) bond motifs is 1. The number of hydrogen-bond donors (Lipinski definition) is 1. The van der Waals surface area contributed by atoms with E-state index < -0.39 is 0 Å². The third-order valence-corrected chi connectivity index (χ3v) is 4.31. The van der Waals surface area contributed by atoms with E-state index >= 15 is 0 Å². The van der Waals surface area contributed by atoms with Crippen LogP contribution in [0.1, 0.15) is 29.4 Å². The first-order valence-electron chi connectivity index (χ1n) is 6.78. The number of nitrogens with one attached hydrogen (secondary N) is 1. The zero-order chi connectivity index (χ0) is 14.1. The zero-order valence-electron chi connectivity index (χ0n) is 11.7. The Morgan fingerprint density at radius 3 is 3.05 bits per heavy atom. The summed E-state index contributed by atoms with van der Waals surface area (Å²) in [6.45, 7) is 0.434. The van der Waals surface area contributed by atoms with E-state index in [1.807, 2.05) is 24.7 Å². The second-order valence-electron chi connectivity index (χ2n) is 5.05. The lowest BCUT2D eigenvalue weighted by Crippen LogP contribution is -2.12. The molecule has 1 unspecified atom stereocenters. The molecule has 5 heteroatoms. The van der Waals surface area contributed by atoms with Gasteiger partial charge in [0.05, 0.1) is 6.20 Å². The van der Waals surface area contributed by atoms with Crippen LogP contribution < -0.4 is 10.1 Å². The van der Waals surface area contributed by atoms with Gasteiger partial charge in [-0.25, -0.2) is 4.98 Å². The average Bonchev–Trinajstić information content (AvgIpc) is 3.02. The first-order chi connectivity index (χ1) is 9.70. The van der Waals surface area contributed by atoms with Crippen molar-refractivity contribution < 1.29 is 4.74 Å². The van der Waals surface area contributed by atoms with E-state index in [0.29, 0.717) is 17.8 Å². The lowest BCUT2D eigenvalue weighted by molar-refractivity contribution is 0.289. The van der Waals surface area contributed by atoms with Crippen LogP contribution in [0.5, 0.6) is 5.75 Å². The molecule has 106 valence electrons.